The van der Waals surface area contributed by atoms with Gasteiger partial charge in [-0.05, 0) is 19.4 Å². The number of rotatable bonds is 5. The van der Waals surface area contributed by atoms with Gasteiger partial charge in [-0.25, -0.2) is 4.98 Å². The van der Waals surface area contributed by atoms with Crippen molar-refractivity contribution in [3.8, 4) is 11.8 Å². The number of pyridine rings is 1. The molecule has 0 radical (unpaired) electrons. The summed E-state index contributed by atoms with van der Waals surface area (Å²) in [7, 11) is 0. The summed E-state index contributed by atoms with van der Waals surface area (Å²) in [6, 6.07) is 6.20. The molecule has 0 atom stereocenters. The molecule has 5 nitrogen and oxygen atoms in total. The van der Waals surface area contributed by atoms with E-state index in [1.165, 1.54) is 5.56 Å². The number of H-pyrrole nitrogens is 1. The quantitative estimate of drug-likeness (QED) is 0.867. The number of aromatic amines is 1. The van der Waals surface area contributed by atoms with E-state index in [0.29, 0.717) is 17.8 Å². The van der Waals surface area contributed by atoms with Gasteiger partial charge in [0.2, 0.25) is 11.8 Å². The van der Waals surface area contributed by atoms with E-state index in [0.717, 1.165) is 17.9 Å². The third-order valence-electron chi connectivity index (χ3n) is 2.76. The molecule has 5 heteroatoms. The van der Waals surface area contributed by atoms with E-state index in [1.54, 1.807) is 0 Å². The van der Waals surface area contributed by atoms with Crippen LogP contribution in [0.5, 0.6) is 11.8 Å². The molecule has 2 aromatic heterocycles. The van der Waals surface area contributed by atoms with E-state index in [9.17, 15) is 0 Å². The molecule has 0 unspecified atom stereocenters. The first kappa shape index (κ1) is 13.5. The molecular formula is C14H20N4O. The molecule has 102 valence electrons. The Labute approximate surface area is 113 Å². The molecule has 2 heterocycles. The highest BCUT2D eigenvalue weighted by atomic mass is 16.5. The summed E-state index contributed by atoms with van der Waals surface area (Å²) in [6.07, 6.45) is 0. The normalized spacial score (nSPS) is 11.0. The van der Waals surface area contributed by atoms with Crippen molar-refractivity contribution in [1.29, 1.82) is 0 Å². The lowest BCUT2D eigenvalue weighted by molar-refractivity contribution is 0.441. The predicted molar refractivity (Wildman–Crippen MR) is 74.3 cm³/mol. The topological polar surface area (TPSA) is 62.8 Å². The fourth-order valence-corrected chi connectivity index (χ4v) is 1.68. The van der Waals surface area contributed by atoms with Crippen molar-refractivity contribution in [2.45, 2.75) is 40.3 Å². The maximum Gasteiger partial charge on any atom is 0.240 e. The second kappa shape index (κ2) is 5.84. The molecule has 0 spiro atoms. The standard InChI is InChI=1S/C14H20N4O/c1-9(2)15-8-12-5-6-13(16-11(12)4)19-14-7-10(3)17-18-14/h5-7,9,15H,8H2,1-4H3,(H,17,18). The van der Waals surface area contributed by atoms with Crippen LogP contribution in [0.25, 0.3) is 0 Å². The fraction of sp³-hybridized carbons (Fsp3) is 0.429. The molecule has 0 saturated carbocycles. The van der Waals surface area contributed by atoms with Crippen LogP contribution in [-0.2, 0) is 6.54 Å². The molecule has 19 heavy (non-hydrogen) atoms. The zero-order valence-electron chi connectivity index (χ0n) is 11.8. The Bertz CT molecular complexity index is 548. The largest absolute Gasteiger partial charge is 0.419 e. The number of ether oxygens (including phenoxy) is 1. The van der Waals surface area contributed by atoms with Gasteiger partial charge in [0.25, 0.3) is 0 Å². The van der Waals surface area contributed by atoms with Gasteiger partial charge in [0, 0.05) is 36.1 Å². The third-order valence-corrected chi connectivity index (χ3v) is 2.76. The highest BCUT2D eigenvalue weighted by molar-refractivity contribution is 5.27. The second-order valence-corrected chi connectivity index (χ2v) is 4.92. The Hall–Kier alpha value is -1.88. The van der Waals surface area contributed by atoms with Gasteiger partial charge in [-0.3, -0.25) is 5.10 Å². The van der Waals surface area contributed by atoms with Crippen molar-refractivity contribution in [3.05, 3.63) is 35.2 Å². The Morgan fingerprint density at radius 1 is 1.26 bits per heavy atom. The lowest BCUT2D eigenvalue weighted by atomic mass is 10.2. The van der Waals surface area contributed by atoms with Gasteiger partial charge < -0.3 is 10.1 Å². The van der Waals surface area contributed by atoms with Crippen LogP contribution in [0, 0.1) is 13.8 Å². The lowest BCUT2D eigenvalue weighted by Gasteiger charge is -2.10. The van der Waals surface area contributed by atoms with Gasteiger partial charge in [-0.2, -0.15) is 0 Å². The second-order valence-electron chi connectivity index (χ2n) is 4.92. The van der Waals surface area contributed by atoms with Gasteiger partial charge in [-0.15, -0.1) is 5.10 Å². The predicted octanol–water partition coefficient (Wildman–Crippen LogP) is 2.71. The smallest absolute Gasteiger partial charge is 0.240 e. The monoisotopic (exact) mass is 260 g/mol. The first-order valence-corrected chi connectivity index (χ1v) is 6.44. The van der Waals surface area contributed by atoms with E-state index >= 15 is 0 Å². The van der Waals surface area contributed by atoms with Gasteiger partial charge in [0.05, 0.1) is 0 Å². The molecule has 0 aromatic carbocycles. The Balaban J connectivity index is 2.06. The van der Waals surface area contributed by atoms with Crippen molar-refractivity contribution in [3.63, 3.8) is 0 Å². The van der Waals surface area contributed by atoms with Crippen molar-refractivity contribution in [2.75, 3.05) is 0 Å². The molecule has 2 aromatic rings. The minimum Gasteiger partial charge on any atom is -0.419 e. The van der Waals surface area contributed by atoms with Crippen LogP contribution in [-0.4, -0.2) is 21.2 Å². The number of aryl methyl sites for hydroxylation is 2. The minimum atomic E-state index is 0.461. The summed E-state index contributed by atoms with van der Waals surface area (Å²) in [5, 5.41) is 10.2. The van der Waals surface area contributed by atoms with E-state index < -0.39 is 0 Å². The van der Waals surface area contributed by atoms with Gasteiger partial charge in [0.1, 0.15) is 0 Å². The highest BCUT2D eigenvalue weighted by Gasteiger charge is 2.06. The van der Waals surface area contributed by atoms with Crippen LogP contribution in [0.15, 0.2) is 18.2 Å². The fourth-order valence-electron chi connectivity index (χ4n) is 1.68. The molecule has 0 amide bonds. The molecule has 2 rings (SSSR count). The maximum atomic E-state index is 5.59. The van der Waals surface area contributed by atoms with E-state index in [2.05, 4.69) is 34.3 Å². The van der Waals surface area contributed by atoms with E-state index in [4.69, 9.17) is 4.74 Å². The molecular weight excluding hydrogens is 240 g/mol. The summed E-state index contributed by atoms with van der Waals surface area (Å²) in [5.41, 5.74) is 3.11. The van der Waals surface area contributed by atoms with Crippen molar-refractivity contribution < 1.29 is 4.74 Å². The molecule has 0 saturated heterocycles. The average molecular weight is 260 g/mol. The molecule has 0 aliphatic rings. The molecule has 0 fully saturated rings. The number of nitrogens with one attached hydrogen (secondary N) is 2. The lowest BCUT2D eigenvalue weighted by Crippen LogP contribution is -2.22. The minimum absolute atomic E-state index is 0.461. The summed E-state index contributed by atoms with van der Waals surface area (Å²) in [6.45, 7) is 8.98. The molecule has 0 aliphatic carbocycles. The zero-order chi connectivity index (χ0) is 13.8. The zero-order valence-corrected chi connectivity index (χ0v) is 11.8. The number of nitrogens with zero attached hydrogens (tertiary/aromatic N) is 2. The average Bonchev–Trinajstić information content (AvgIpc) is 2.73. The van der Waals surface area contributed by atoms with E-state index in [-0.39, 0.29) is 0 Å². The number of aromatic nitrogens is 3. The molecule has 2 N–H and O–H groups in total. The van der Waals surface area contributed by atoms with Gasteiger partial charge in [0.15, 0.2) is 0 Å². The van der Waals surface area contributed by atoms with Crippen molar-refractivity contribution in [2.24, 2.45) is 0 Å². The summed E-state index contributed by atoms with van der Waals surface area (Å²) in [4.78, 5) is 4.44. The highest BCUT2D eigenvalue weighted by Crippen LogP contribution is 2.19. The Kier molecular flexibility index (Phi) is 4.16. The van der Waals surface area contributed by atoms with Crippen LogP contribution in [0.1, 0.15) is 30.8 Å². The van der Waals surface area contributed by atoms with Crippen LogP contribution < -0.4 is 10.1 Å². The summed E-state index contributed by atoms with van der Waals surface area (Å²) < 4.78 is 5.59. The van der Waals surface area contributed by atoms with Gasteiger partial charge >= 0.3 is 0 Å². The van der Waals surface area contributed by atoms with Crippen LogP contribution in [0.2, 0.25) is 0 Å². The summed E-state index contributed by atoms with van der Waals surface area (Å²) in [5.74, 6) is 1.11. The SMILES string of the molecule is Cc1cc(Oc2ccc(CNC(C)C)c(C)n2)n[nH]1. The first-order chi connectivity index (χ1) is 9.04. The van der Waals surface area contributed by atoms with Crippen LogP contribution in [0.4, 0.5) is 0 Å². The Morgan fingerprint density at radius 3 is 2.63 bits per heavy atom. The molecule has 0 bridgehead atoms. The van der Waals surface area contributed by atoms with Crippen molar-refractivity contribution >= 4 is 0 Å². The number of hydrogen-bond donors (Lipinski definition) is 2. The van der Waals surface area contributed by atoms with Crippen molar-refractivity contribution in [1.82, 2.24) is 20.5 Å². The van der Waals surface area contributed by atoms with Crippen LogP contribution in [0.3, 0.4) is 0 Å². The maximum absolute atomic E-state index is 5.59. The van der Waals surface area contributed by atoms with Crippen LogP contribution >= 0.6 is 0 Å². The van der Waals surface area contributed by atoms with E-state index in [1.807, 2.05) is 32.0 Å². The van der Waals surface area contributed by atoms with Gasteiger partial charge in [-0.1, -0.05) is 19.9 Å². The molecule has 0 aliphatic heterocycles. The number of hydrogen-bond acceptors (Lipinski definition) is 4. The third kappa shape index (κ3) is 3.79. The summed E-state index contributed by atoms with van der Waals surface area (Å²) >= 11 is 0. The Morgan fingerprint density at radius 2 is 2.05 bits per heavy atom. The first-order valence-electron chi connectivity index (χ1n) is 6.44.